The summed E-state index contributed by atoms with van der Waals surface area (Å²) in [6.07, 6.45) is 9.94. The van der Waals surface area contributed by atoms with Crippen LogP contribution >= 0.6 is 23.2 Å². The van der Waals surface area contributed by atoms with Crippen molar-refractivity contribution in [2.45, 2.75) is 62.8 Å². The highest BCUT2D eigenvalue weighted by Gasteiger charge is 2.51. The van der Waals surface area contributed by atoms with Crippen LogP contribution in [0.15, 0.2) is 29.4 Å². The molecule has 1 N–H and O–H groups in total. The van der Waals surface area contributed by atoms with Gasteiger partial charge in [0.05, 0.1) is 27.2 Å². The first-order valence-electron chi connectivity index (χ1n) is 12.3. The predicted octanol–water partition coefficient (Wildman–Crippen LogP) is 5.08. The standard InChI is InChI=1S/C25H28Cl2N4O3S/c26-20-2-1-18(8-21(20)27)35(33,34)31-4-3-19-22(13-31)28-14-29-24(19)30-23(32)12-25-9-15-5-16(10-25)7-17(6-15)11-25/h1-2,8,14-17H,3-7,9-13H2,(H,28,29,30,32). The average molecular weight is 535 g/mol. The molecule has 7 nitrogen and oxygen atoms in total. The van der Waals surface area contributed by atoms with Crippen molar-refractivity contribution in [1.82, 2.24) is 14.3 Å². The molecular weight excluding hydrogens is 507 g/mol. The Hall–Kier alpha value is -1.74. The van der Waals surface area contributed by atoms with Gasteiger partial charge in [-0.25, -0.2) is 18.4 Å². The quantitative estimate of drug-likeness (QED) is 0.577. The van der Waals surface area contributed by atoms with E-state index >= 15 is 0 Å². The second kappa shape index (κ2) is 8.68. The molecule has 2 heterocycles. The molecule has 0 spiro atoms. The molecule has 1 aromatic carbocycles. The van der Waals surface area contributed by atoms with Gasteiger partial charge in [-0.2, -0.15) is 4.31 Å². The molecule has 2 aromatic rings. The third kappa shape index (κ3) is 4.37. The zero-order valence-corrected chi connectivity index (χ0v) is 21.7. The fraction of sp³-hybridized carbons (Fsp3) is 0.560. The van der Waals surface area contributed by atoms with Gasteiger partial charge in [0.25, 0.3) is 0 Å². The lowest BCUT2D eigenvalue weighted by Gasteiger charge is -2.56. The minimum atomic E-state index is -3.77. The van der Waals surface area contributed by atoms with Crippen LogP contribution in [-0.4, -0.2) is 35.1 Å². The van der Waals surface area contributed by atoms with Crippen LogP contribution in [0.1, 0.15) is 56.2 Å². The molecule has 186 valence electrons. The number of amides is 1. The second-order valence-electron chi connectivity index (χ2n) is 11.0. The third-order valence-corrected chi connectivity index (χ3v) is 11.0. The summed E-state index contributed by atoms with van der Waals surface area (Å²) in [4.78, 5) is 21.9. The Balaban J connectivity index is 1.17. The van der Waals surface area contributed by atoms with Crippen LogP contribution < -0.4 is 5.32 Å². The smallest absolute Gasteiger partial charge is 0.243 e. The van der Waals surface area contributed by atoms with Gasteiger partial charge in [-0.15, -0.1) is 0 Å². The molecule has 0 unspecified atom stereocenters. The Morgan fingerprint density at radius 1 is 1.06 bits per heavy atom. The lowest BCUT2D eigenvalue weighted by Crippen LogP contribution is -2.47. The molecule has 4 aliphatic carbocycles. The van der Waals surface area contributed by atoms with Gasteiger partial charge >= 0.3 is 0 Å². The molecule has 35 heavy (non-hydrogen) atoms. The van der Waals surface area contributed by atoms with Crippen molar-refractivity contribution in [1.29, 1.82) is 0 Å². The lowest BCUT2D eigenvalue weighted by atomic mass is 9.49. The van der Waals surface area contributed by atoms with Crippen LogP contribution in [0.2, 0.25) is 10.0 Å². The van der Waals surface area contributed by atoms with E-state index in [1.54, 1.807) is 0 Å². The third-order valence-electron chi connectivity index (χ3n) is 8.46. The van der Waals surface area contributed by atoms with Crippen LogP contribution in [0, 0.1) is 23.2 Å². The maximum absolute atomic E-state index is 13.2. The molecule has 0 radical (unpaired) electrons. The molecule has 7 rings (SSSR count). The number of nitrogens with one attached hydrogen (secondary N) is 1. The number of carbonyl (C=O) groups is 1. The number of benzene rings is 1. The van der Waals surface area contributed by atoms with Crippen LogP contribution in [0.3, 0.4) is 0 Å². The first kappa shape index (κ1) is 23.6. The number of carbonyl (C=O) groups excluding carboxylic acids is 1. The van der Waals surface area contributed by atoms with Gasteiger partial charge in [-0.3, -0.25) is 4.79 Å². The Labute approximate surface area is 215 Å². The summed E-state index contributed by atoms with van der Waals surface area (Å²) in [6.45, 7) is 0.374. The highest BCUT2D eigenvalue weighted by atomic mass is 35.5. The number of hydrogen-bond acceptors (Lipinski definition) is 5. The molecule has 1 amide bonds. The fourth-order valence-corrected chi connectivity index (χ4v) is 9.24. The lowest BCUT2D eigenvalue weighted by molar-refractivity contribution is -0.124. The molecule has 0 saturated heterocycles. The van der Waals surface area contributed by atoms with E-state index in [9.17, 15) is 13.2 Å². The summed E-state index contributed by atoms with van der Waals surface area (Å²) in [5.74, 6) is 2.91. The Morgan fingerprint density at radius 3 is 2.40 bits per heavy atom. The number of sulfonamides is 1. The van der Waals surface area contributed by atoms with E-state index < -0.39 is 10.0 Å². The Morgan fingerprint density at radius 2 is 1.74 bits per heavy atom. The second-order valence-corrected chi connectivity index (χ2v) is 13.7. The number of aromatic nitrogens is 2. The number of rotatable bonds is 5. The SMILES string of the molecule is O=C(CC12CC3CC(CC(C3)C1)C2)Nc1ncnc2c1CCN(S(=O)(=O)c1ccc(Cl)c(Cl)c1)C2. The summed E-state index contributed by atoms with van der Waals surface area (Å²) in [6, 6.07) is 4.30. The first-order valence-corrected chi connectivity index (χ1v) is 14.5. The molecule has 4 bridgehead atoms. The van der Waals surface area contributed by atoms with E-state index in [4.69, 9.17) is 23.2 Å². The van der Waals surface area contributed by atoms with Crippen LogP contribution in [0.4, 0.5) is 5.82 Å². The number of halogens is 2. The van der Waals surface area contributed by atoms with Crippen molar-refractivity contribution in [3.8, 4) is 0 Å². The van der Waals surface area contributed by atoms with E-state index in [1.165, 1.54) is 67.4 Å². The maximum atomic E-state index is 13.2. The average Bonchev–Trinajstić information content (AvgIpc) is 2.79. The number of nitrogens with zero attached hydrogens (tertiary/aromatic N) is 3. The van der Waals surface area contributed by atoms with E-state index in [0.29, 0.717) is 29.4 Å². The van der Waals surface area contributed by atoms with Gasteiger partial charge in [-0.1, -0.05) is 23.2 Å². The largest absolute Gasteiger partial charge is 0.310 e. The van der Waals surface area contributed by atoms with Crippen LogP contribution in [0.25, 0.3) is 0 Å². The van der Waals surface area contributed by atoms with Gasteiger partial charge in [-0.05, 0) is 86.3 Å². The van der Waals surface area contributed by atoms with Crippen molar-refractivity contribution in [2.24, 2.45) is 23.2 Å². The summed E-state index contributed by atoms with van der Waals surface area (Å²) in [5.41, 5.74) is 1.57. The van der Waals surface area contributed by atoms with Gasteiger partial charge in [0, 0.05) is 18.5 Å². The Kier molecular flexibility index (Phi) is 5.87. The monoisotopic (exact) mass is 534 g/mol. The van der Waals surface area contributed by atoms with Crippen molar-refractivity contribution in [3.63, 3.8) is 0 Å². The van der Waals surface area contributed by atoms with Gasteiger partial charge in [0.1, 0.15) is 12.1 Å². The molecule has 4 saturated carbocycles. The van der Waals surface area contributed by atoms with Crippen molar-refractivity contribution in [3.05, 3.63) is 45.8 Å². The highest BCUT2D eigenvalue weighted by molar-refractivity contribution is 7.89. The summed E-state index contributed by atoms with van der Waals surface area (Å²) >= 11 is 12.0. The molecule has 1 aromatic heterocycles. The number of hydrogen-bond donors (Lipinski definition) is 1. The van der Waals surface area contributed by atoms with Crippen LogP contribution in [-0.2, 0) is 27.8 Å². The molecule has 10 heteroatoms. The zero-order valence-electron chi connectivity index (χ0n) is 19.3. The van der Waals surface area contributed by atoms with E-state index in [-0.39, 0.29) is 34.3 Å². The minimum Gasteiger partial charge on any atom is -0.310 e. The summed E-state index contributed by atoms with van der Waals surface area (Å²) in [5, 5.41) is 3.55. The van der Waals surface area contributed by atoms with E-state index in [2.05, 4.69) is 15.3 Å². The van der Waals surface area contributed by atoms with Gasteiger partial charge in [0.15, 0.2) is 0 Å². The van der Waals surface area contributed by atoms with Crippen molar-refractivity contribution < 1.29 is 13.2 Å². The summed E-state index contributed by atoms with van der Waals surface area (Å²) < 4.78 is 27.8. The van der Waals surface area contributed by atoms with E-state index in [1.807, 2.05) is 0 Å². The first-order chi connectivity index (χ1) is 16.7. The Bertz CT molecular complexity index is 1260. The molecular formula is C25H28Cl2N4O3S. The summed E-state index contributed by atoms with van der Waals surface area (Å²) in [7, 11) is -3.77. The van der Waals surface area contributed by atoms with Gasteiger partial charge in [0.2, 0.25) is 15.9 Å². The number of fused-ring (bicyclic) bond motifs is 1. The molecule has 1 aliphatic heterocycles. The molecule has 0 atom stereocenters. The van der Waals surface area contributed by atoms with Crippen LogP contribution in [0.5, 0.6) is 0 Å². The zero-order chi connectivity index (χ0) is 24.4. The van der Waals surface area contributed by atoms with Gasteiger partial charge < -0.3 is 5.32 Å². The number of anilines is 1. The topological polar surface area (TPSA) is 92.3 Å². The minimum absolute atomic E-state index is 0.0127. The normalized spacial score (nSPS) is 29.7. The molecule has 5 aliphatic rings. The fourth-order valence-electron chi connectivity index (χ4n) is 7.45. The highest BCUT2D eigenvalue weighted by Crippen LogP contribution is 2.61. The van der Waals surface area contributed by atoms with Crippen molar-refractivity contribution >= 4 is 45.0 Å². The molecule has 4 fully saturated rings. The van der Waals surface area contributed by atoms with E-state index in [0.717, 1.165) is 23.3 Å². The predicted molar refractivity (Wildman–Crippen MR) is 134 cm³/mol. The maximum Gasteiger partial charge on any atom is 0.243 e. The van der Waals surface area contributed by atoms with Crippen molar-refractivity contribution in [2.75, 3.05) is 11.9 Å².